The van der Waals surface area contributed by atoms with Gasteiger partial charge < -0.3 is 39.9 Å². The fourth-order valence-electron chi connectivity index (χ4n) is 8.61. The first-order valence-corrected chi connectivity index (χ1v) is 20.7. The minimum atomic E-state index is -0.869. The molecule has 4 N–H and O–H groups in total. The van der Waals surface area contributed by atoms with Crippen LogP contribution in [0, 0.1) is 0 Å². The summed E-state index contributed by atoms with van der Waals surface area (Å²) in [6.45, 7) is 1.14. The zero-order valence-electron chi connectivity index (χ0n) is 33.9. The molecular weight excluding hydrogens is 761 g/mol. The Morgan fingerprint density at radius 3 is 1.45 bits per heavy atom. The predicted molar refractivity (Wildman–Crippen MR) is 226 cm³/mol. The van der Waals surface area contributed by atoms with Crippen molar-refractivity contribution in [1.29, 1.82) is 0 Å². The quantitative estimate of drug-likeness (QED) is 0.0867. The van der Waals surface area contributed by atoms with E-state index in [0.29, 0.717) is 24.2 Å². The number of carbonyl (C=O) groups is 4. The third kappa shape index (κ3) is 8.68. The lowest BCUT2D eigenvalue weighted by atomic mass is 10.0. The number of ether oxygens (including phenoxy) is 2. The van der Waals surface area contributed by atoms with E-state index in [1.54, 1.807) is 0 Å². The third-order valence-corrected chi connectivity index (χ3v) is 11.7. The Hall–Kier alpha value is -6.70. The number of hydrogen-bond acceptors (Lipinski definition) is 8. The van der Waals surface area contributed by atoms with Gasteiger partial charge in [0.1, 0.15) is 23.7 Å². The second-order valence-electron chi connectivity index (χ2n) is 15.5. The highest BCUT2D eigenvalue weighted by atomic mass is 16.5. The van der Waals surface area contributed by atoms with Gasteiger partial charge in [0.25, 0.3) is 11.8 Å². The molecule has 2 aromatic heterocycles. The fourth-order valence-corrected chi connectivity index (χ4v) is 8.61. The SMILES string of the molecule is COC(=O)N[C@@H](C(=O)N1CCC[C@H]1c1nc2cc(CCCCc3ccc4[nH]c([C@@H]5CCCN5C(=O)[C@H](NC(=O)OC)c5ccccc5)nc4c3)ccc2[nH]1)c1ccccc1. The number of aryl methyl sites for hydroxylation is 2. The normalized spacial score (nSPS) is 17.4. The number of hydrogen-bond donors (Lipinski definition) is 4. The molecular formula is C46H50N8O6. The van der Waals surface area contributed by atoms with Crippen molar-refractivity contribution in [3.05, 3.63) is 131 Å². The summed E-state index contributed by atoms with van der Waals surface area (Å²) in [4.78, 5) is 72.8. The maximum absolute atomic E-state index is 13.9. The van der Waals surface area contributed by atoms with Crippen molar-refractivity contribution < 1.29 is 28.7 Å². The van der Waals surface area contributed by atoms with Gasteiger partial charge >= 0.3 is 12.2 Å². The van der Waals surface area contributed by atoms with Crippen LogP contribution in [0.4, 0.5) is 9.59 Å². The zero-order valence-corrected chi connectivity index (χ0v) is 33.9. The highest BCUT2D eigenvalue weighted by Crippen LogP contribution is 2.36. The summed E-state index contributed by atoms with van der Waals surface area (Å²) in [5.74, 6) is 1.10. The number of imidazole rings is 2. The number of likely N-dealkylation sites (tertiary alicyclic amines) is 2. The van der Waals surface area contributed by atoms with Crippen LogP contribution in [0.2, 0.25) is 0 Å². The molecule has 14 heteroatoms. The molecule has 0 bridgehead atoms. The minimum Gasteiger partial charge on any atom is -0.453 e. The van der Waals surface area contributed by atoms with E-state index in [9.17, 15) is 19.2 Å². The number of nitrogens with one attached hydrogen (secondary N) is 4. The summed E-state index contributed by atoms with van der Waals surface area (Å²) in [5.41, 5.74) is 7.36. The van der Waals surface area contributed by atoms with Gasteiger partial charge in [-0.1, -0.05) is 72.8 Å². The number of amides is 4. The molecule has 0 spiro atoms. The number of unbranched alkanes of at least 4 members (excludes halogenated alkanes) is 1. The first kappa shape index (κ1) is 40.1. The fraction of sp³-hybridized carbons (Fsp3) is 0.348. The molecule has 14 nitrogen and oxygen atoms in total. The summed E-state index contributed by atoms with van der Waals surface area (Å²) in [6.07, 6.45) is 5.68. The summed E-state index contributed by atoms with van der Waals surface area (Å²) in [7, 11) is 2.57. The van der Waals surface area contributed by atoms with Crippen LogP contribution in [0.1, 0.15) is 96.6 Å². The number of carbonyl (C=O) groups excluding carboxylic acids is 4. The topological polar surface area (TPSA) is 175 Å². The van der Waals surface area contributed by atoms with Crippen LogP contribution in [0.15, 0.2) is 97.1 Å². The molecule has 2 aliphatic rings. The molecule has 4 heterocycles. The third-order valence-electron chi connectivity index (χ3n) is 11.7. The first-order chi connectivity index (χ1) is 29.3. The second-order valence-corrected chi connectivity index (χ2v) is 15.5. The number of H-pyrrole nitrogens is 2. The van der Waals surface area contributed by atoms with Gasteiger partial charge in [0.05, 0.1) is 48.4 Å². The summed E-state index contributed by atoms with van der Waals surface area (Å²) in [5, 5.41) is 5.45. The van der Waals surface area contributed by atoms with E-state index in [-0.39, 0.29) is 23.9 Å². The van der Waals surface area contributed by atoms with Gasteiger partial charge in [-0.15, -0.1) is 0 Å². The highest BCUT2D eigenvalue weighted by Gasteiger charge is 2.38. The van der Waals surface area contributed by atoms with Gasteiger partial charge in [0.2, 0.25) is 0 Å². The van der Waals surface area contributed by atoms with Gasteiger partial charge in [0, 0.05) is 13.1 Å². The van der Waals surface area contributed by atoms with Crippen molar-refractivity contribution in [1.82, 2.24) is 40.4 Å². The lowest BCUT2D eigenvalue weighted by Gasteiger charge is -2.28. The number of benzene rings is 4. The second kappa shape index (κ2) is 18.1. The summed E-state index contributed by atoms with van der Waals surface area (Å²) < 4.78 is 9.68. The Bertz CT molecular complexity index is 2300. The molecule has 2 fully saturated rings. The number of nitrogens with zero attached hydrogens (tertiary/aromatic N) is 4. The van der Waals surface area contributed by atoms with E-state index < -0.39 is 24.3 Å². The molecule has 4 aromatic carbocycles. The Labute approximate surface area is 348 Å². The van der Waals surface area contributed by atoms with Crippen LogP contribution < -0.4 is 10.6 Å². The maximum atomic E-state index is 13.9. The number of methoxy groups -OCH3 is 2. The molecule has 0 unspecified atom stereocenters. The number of aromatic amines is 2. The van der Waals surface area contributed by atoms with Gasteiger partial charge in [-0.3, -0.25) is 9.59 Å². The van der Waals surface area contributed by atoms with Crippen molar-refractivity contribution >= 4 is 46.1 Å². The number of rotatable bonds is 13. The van der Waals surface area contributed by atoms with Crippen molar-refractivity contribution in [2.45, 2.75) is 75.5 Å². The van der Waals surface area contributed by atoms with E-state index in [0.717, 1.165) is 85.1 Å². The number of fused-ring (bicyclic) bond motifs is 2. The molecule has 60 heavy (non-hydrogen) atoms. The van der Waals surface area contributed by atoms with Gasteiger partial charge in [-0.05, 0) is 97.9 Å². The van der Waals surface area contributed by atoms with Crippen LogP contribution in [0.3, 0.4) is 0 Å². The smallest absolute Gasteiger partial charge is 0.407 e. The van der Waals surface area contributed by atoms with Crippen molar-refractivity contribution in [3.63, 3.8) is 0 Å². The Kier molecular flexibility index (Phi) is 12.1. The van der Waals surface area contributed by atoms with Crippen LogP contribution >= 0.6 is 0 Å². The lowest BCUT2D eigenvalue weighted by Crippen LogP contribution is -2.42. The summed E-state index contributed by atoms with van der Waals surface area (Å²) >= 11 is 0. The van der Waals surface area contributed by atoms with Crippen molar-refractivity contribution in [2.24, 2.45) is 0 Å². The molecule has 0 aliphatic carbocycles. The van der Waals surface area contributed by atoms with E-state index in [1.807, 2.05) is 70.5 Å². The van der Waals surface area contributed by atoms with Crippen LogP contribution in [0.25, 0.3) is 22.1 Å². The van der Waals surface area contributed by atoms with E-state index in [1.165, 1.54) is 25.3 Å². The number of alkyl carbamates (subject to hydrolysis) is 2. The molecule has 6 aromatic rings. The van der Waals surface area contributed by atoms with E-state index in [4.69, 9.17) is 19.4 Å². The Morgan fingerprint density at radius 2 is 1.05 bits per heavy atom. The van der Waals surface area contributed by atoms with E-state index in [2.05, 4.69) is 57.0 Å². The molecule has 2 saturated heterocycles. The molecule has 0 saturated carbocycles. The van der Waals surface area contributed by atoms with E-state index >= 15 is 0 Å². The zero-order chi connectivity index (χ0) is 41.6. The monoisotopic (exact) mass is 810 g/mol. The van der Waals surface area contributed by atoms with Crippen LogP contribution in [-0.2, 0) is 31.9 Å². The van der Waals surface area contributed by atoms with Gasteiger partial charge in [-0.2, -0.15) is 0 Å². The maximum Gasteiger partial charge on any atom is 0.407 e. The molecule has 4 atom stereocenters. The largest absolute Gasteiger partial charge is 0.453 e. The minimum absolute atomic E-state index is 0.196. The Morgan fingerprint density at radius 1 is 0.633 bits per heavy atom. The highest BCUT2D eigenvalue weighted by molar-refractivity contribution is 5.88. The molecule has 4 amide bonds. The molecule has 310 valence electrons. The first-order valence-electron chi connectivity index (χ1n) is 20.7. The van der Waals surface area contributed by atoms with Crippen molar-refractivity contribution in [2.75, 3.05) is 27.3 Å². The lowest BCUT2D eigenvalue weighted by molar-refractivity contribution is -0.135. The van der Waals surface area contributed by atoms with Crippen molar-refractivity contribution in [3.8, 4) is 0 Å². The standard InChI is InChI=1S/C46H50N8O6/c1-59-45(57)51-39(31-15-5-3-6-16-31)43(55)53-25-11-19-37(53)41-47-33-23-21-29(27-35(33)49-41)13-9-10-14-30-22-24-34-36(28-30)50-42(48-34)38-20-12-26-54(38)44(56)40(52-46(58)60-2)32-17-7-4-8-18-32/h3-8,15-18,21-24,27-28,37-40H,9-14,19-20,25-26H2,1-2H3,(H,47,49)(H,48,50)(H,51,57)(H,52,58)/t37-,38-,39+,40+/m0/s1. The molecule has 8 rings (SSSR count). The van der Waals surface area contributed by atoms with Crippen LogP contribution in [-0.4, -0.2) is 81.0 Å². The number of aromatic nitrogens is 4. The molecule has 0 radical (unpaired) electrons. The predicted octanol–water partition coefficient (Wildman–Crippen LogP) is 7.53. The molecule has 2 aliphatic heterocycles. The Balaban J connectivity index is 0.884. The average Bonchev–Trinajstić information content (AvgIpc) is 4.12. The summed E-state index contributed by atoms with van der Waals surface area (Å²) in [6, 6.07) is 28.9. The average molecular weight is 811 g/mol. The van der Waals surface area contributed by atoms with Gasteiger partial charge in [0.15, 0.2) is 0 Å². The van der Waals surface area contributed by atoms with Crippen LogP contribution in [0.5, 0.6) is 0 Å². The van der Waals surface area contributed by atoms with Gasteiger partial charge in [-0.25, -0.2) is 19.6 Å².